The maximum Gasteiger partial charge on any atom is 0.218 e. The molecular weight excluding hydrogens is 276 g/mol. The summed E-state index contributed by atoms with van der Waals surface area (Å²) in [5.41, 5.74) is 0.582. The van der Waals surface area contributed by atoms with Crippen molar-refractivity contribution in [1.29, 1.82) is 0 Å². The normalized spacial score (nSPS) is 12.0. The lowest BCUT2D eigenvalue weighted by Gasteiger charge is -2.20. The number of nitrogens with zero attached hydrogens (tertiary/aromatic N) is 2. The van der Waals surface area contributed by atoms with E-state index >= 15 is 0 Å². The summed E-state index contributed by atoms with van der Waals surface area (Å²) in [7, 11) is -3.42. The van der Waals surface area contributed by atoms with Crippen LogP contribution in [0, 0.1) is 0 Å². The highest BCUT2D eigenvalue weighted by molar-refractivity contribution is 7.88. The van der Waals surface area contributed by atoms with Crippen LogP contribution in [0.5, 0.6) is 0 Å². The zero-order valence-corrected chi connectivity index (χ0v) is 11.8. The minimum atomic E-state index is -3.42. The second-order valence-corrected chi connectivity index (χ2v) is 6.22. The summed E-state index contributed by atoms with van der Waals surface area (Å²) in [5, 5.41) is 9.22. The molecule has 0 aromatic carbocycles. The zero-order valence-electron chi connectivity index (χ0n) is 10.2. The third-order valence-corrected chi connectivity index (χ3v) is 4.43. The Labute approximate surface area is 112 Å². The first-order chi connectivity index (χ1) is 8.49. The zero-order chi connectivity index (χ0) is 13.6. The Kier molecular flexibility index (Phi) is 6.01. The minimum absolute atomic E-state index is 0.122. The molecule has 0 spiro atoms. The molecule has 0 radical (unpaired) electrons. The van der Waals surface area contributed by atoms with Gasteiger partial charge in [-0.2, -0.15) is 4.31 Å². The van der Waals surface area contributed by atoms with Crippen molar-refractivity contribution in [3.05, 3.63) is 29.0 Å². The molecule has 0 aliphatic carbocycles. The number of pyridine rings is 1. The highest BCUT2D eigenvalue weighted by Gasteiger charge is 2.21. The van der Waals surface area contributed by atoms with Crippen LogP contribution >= 0.6 is 11.6 Å². The first kappa shape index (κ1) is 15.4. The first-order valence-electron chi connectivity index (χ1n) is 5.68. The van der Waals surface area contributed by atoms with Crippen molar-refractivity contribution in [3.8, 4) is 0 Å². The Hall–Kier alpha value is -0.690. The molecule has 0 atom stereocenters. The van der Waals surface area contributed by atoms with Gasteiger partial charge in [0, 0.05) is 19.3 Å². The fourth-order valence-corrected chi connectivity index (χ4v) is 3.25. The second kappa shape index (κ2) is 7.04. The van der Waals surface area contributed by atoms with Gasteiger partial charge in [0.1, 0.15) is 5.15 Å². The molecule has 0 bridgehead atoms. The van der Waals surface area contributed by atoms with Crippen molar-refractivity contribution < 1.29 is 13.5 Å². The summed E-state index contributed by atoms with van der Waals surface area (Å²) < 4.78 is 25.5. The van der Waals surface area contributed by atoms with Gasteiger partial charge in [0.05, 0.1) is 12.4 Å². The van der Waals surface area contributed by atoms with E-state index in [-0.39, 0.29) is 18.9 Å². The van der Waals surface area contributed by atoms with E-state index in [1.807, 2.05) is 6.92 Å². The number of aliphatic hydroxyl groups is 1. The van der Waals surface area contributed by atoms with Crippen LogP contribution in [0.4, 0.5) is 0 Å². The largest absolute Gasteiger partial charge is 0.395 e. The fourth-order valence-electron chi connectivity index (χ4n) is 1.54. The summed E-state index contributed by atoms with van der Waals surface area (Å²) in [6.45, 7) is 2.24. The topological polar surface area (TPSA) is 70.5 Å². The molecule has 0 aliphatic heterocycles. The van der Waals surface area contributed by atoms with Crippen molar-refractivity contribution in [2.45, 2.75) is 19.1 Å². The van der Waals surface area contributed by atoms with E-state index in [1.54, 1.807) is 12.1 Å². The average Bonchev–Trinajstić information content (AvgIpc) is 2.32. The quantitative estimate of drug-likeness (QED) is 0.768. The number of sulfonamides is 1. The third-order valence-electron chi connectivity index (χ3n) is 2.35. The van der Waals surface area contributed by atoms with Gasteiger partial charge in [0.2, 0.25) is 10.0 Å². The smallest absolute Gasteiger partial charge is 0.218 e. The molecular formula is C11H17ClN2O3S. The number of halogens is 1. The Balaban J connectivity index is 2.81. The van der Waals surface area contributed by atoms with Crippen LogP contribution in [0.1, 0.15) is 18.9 Å². The highest BCUT2D eigenvalue weighted by Crippen LogP contribution is 2.12. The third kappa shape index (κ3) is 4.53. The van der Waals surface area contributed by atoms with Crippen LogP contribution < -0.4 is 0 Å². The number of rotatable bonds is 7. The molecule has 102 valence electrons. The van der Waals surface area contributed by atoms with E-state index in [4.69, 9.17) is 16.7 Å². The molecule has 0 unspecified atom stereocenters. The van der Waals surface area contributed by atoms with E-state index < -0.39 is 10.0 Å². The number of aliphatic hydroxyl groups excluding tert-OH is 1. The van der Waals surface area contributed by atoms with Gasteiger partial charge >= 0.3 is 0 Å². The Morgan fingerprint density at radius 3 is 2.61 bits per heavy atom. The lowest BCUT2D eigenvalue weighted by atomic mass is 10.3. The van der Waals surface area contributed by atoms with Crippen molar-refractivity contribution >= 4 is 21.6 Å². The van der Waals surface area contributed by atoms with Gasteiger partial charge in [-0.05, 0) is 18.1 Å². The van der Waals surface area contributed by atoms with Crippen LogP contribution in [-0.4, -0.2) is 42.5 Å². The Bertz CT molecular complexity index is 456. The van der Waals surface area contributed by atoms with Gasteiger partial charge in [0.15, 0.2) is 0 Å². The monoisotopic (exact) mass is 292 g/mol. The van der Waals surface area contributed by atoms with Gasteiger partial charge in [-0.3, -0.25) is 0 Å². The lowest BCUT2D eigenvalue weighted by molar-refractivity contribution is 0.253. The molecule has 0 saturated heterocycles. The van der Waals surface area contributed by atoms with Crippen LogP contribution in [0.25, 0.3) is 0 Å². The van der Waals surface area contributed by atoms with E-state index in [2.05, 4.69) is 4.98 Å². The van der Waals surface area contributed by atoms with Gasteiger partial charge in [0.25, 0.3) is 0 Å². The van der Waals surface area contributed by atoms with Crippen molar-refractivity contribution in [2.24, 2.45) is 0 Å². The maximum atomic E-state index is 12.1. The van der Waals surface area contributed by atoms with E-state index in [0.717, 1.165) is 0 Å². The molecule has 1 aromatic rings. The average molecular weight is 293 g/mol. The van der Waals surface area contributed by atoms with Crippen molar-refractivity contribution in [3.63, 3.8) is 0 Å². The molecule has 7 heteroatoms. The fraction of sp³-hybridized carbons (Fsp3) is 0.545. The molecule has 1 aromatic heterocycles. The number of aromatic nitrogens is 1. The Morgan fingerprint density at radius 1 is 1.39 bits per heavy atom. The molecule has 1 heterocycles. The summed E-state index contributed by atoms with van der Waals surface area (Å²) in [6, 6.07) is 3.19. The highest BCUT2D eigenvalue weighted by atomic mass is 35.5. The molecule has 18 heavy (non-hydrogen) atoms. The molecule has 0 amide bonds. The van der Waals surface area contributed by atoms with E-state index in [1.165, 1.54) is 10.5 Å². The van der Waals surface area contributed by atoms with Crippen molar-refractivity contribution in [2.75, 3.05) is 19.7 Å². The molecule has 1 N–H and O–H groups in total. The van der Waals surface area contributed by atoms with Gasteiger partial charge < -0.3 is 5.11 Å². The van der Waals surface area contributed by atoms with Gasteiger partial charge in [-0.25, -0.2) is 13.4 Å². The standard InChI is InChI=1S/C11H17ClN2O3S/c1-2-5-14(6-7-15)18(16,17)9-10-3-4-11(12)13-8-10/h3-4,8,15H,2,5-7,9H2,1H3. The molecule has 0 aliphatic rings. The number of hydrogen-bond acceptors (Lipinski definition) is 4. The van der Waals surface area contributed by atoms with Gasteiger partial charge in [-0.15, -0.1) is 0 Å². The molecule has 0 fully saturated rings. The first-order valence-corrected chi connectivity index (χ1v) is 7.67. The molecule has 0 saturated carbocycles. The van der Waals surface area contributed by atoms with E-state index in [9.17, 15) is 8.42 Å². The van der Waals surface area contributed by atoms with Crippen LogP contribution in [0.2, 0.25) is 5.15 Å². The van der Waals surface area contributed by atoms with E-state index in [0.29, 0.717) is 23.7 Å². The van der Waals surface area contributed by atoms with Crippen LogP contribution in [-0.2, 0) is 15.8 Å². The van der Waals surface area contributed by atoms with Gasteiger partial charge in [-0.1, -0.05) is 24.6 Å². The predicted molar refractivity (Wildman–Crippen MR) is 70.8 cm³/mol. The lowest BCUT2D eigenvalue weighted by Crippen LogP contribution is -2.35. The molecule has 5 nitrogen and oxygen atoms in total. The maximum absolute atomic E-state index is 12.1. The van der Waals surface area contributed by atoms with Crippen LogP contribution in [0.15, 0.2) is 18.3 Å². The predicted octanol–water partition coefficient (Wildman–Crippen LogP) is 1.27. The Morgan fingerprint density at radius 2 is 2.11 bits per heavy atom. The van der Waals surface area contributed by atoms with Crippen LogP contribution in [0.3, 0.4) is 0 Å². The van der Waals surface area contributed by atoms with Crippen molar-refractivity contribution in [1.82, 2.24) is 9.29 Å². The number of hydrogen-bond donors (Lipinski definition) is 1. The summed E-state index contributed by atoms with van der Waals surface area (Å²) in [5.74, 6) is -0.128. The summed E-state index contributed by atoms with van der Waals surface area (Å²) >= 11 is 5.64. The summed E-state index contributed by atoms with van der Waals surface area (Å²) in [4.78, 5) is 3.85. The SMILES string of the molecule is CCCN(CCO)S(=O)(=O)Cc1ccc(Cl)nc1. The summed E-state index contributed by atoms with van der Waals surface area (Å²) in [6.07, 6.45) is 2.15. The second-order valence-electron chi connectivity index (χ2n) is 3.87. The molecule has 1 rings (SSSR count). The minimum Gasteiger partial charge on any atom is -0.395 e.